The first-order valence-corrected chi connectivity index (χ1v) is 10.0. The van der Waals surface area contributed by atoms with Crippen LogP contribution in [0.3, 0.4) is 0 Å². The molecule has 0 unspecified atom stereocenters. The maximum absolute atomic E-state index is 13.7. The molecule has 3 N–H and O–H groups in total. The van der Waals surface area contributed by atoms with Crippen molar-refractivity contribution in [3.8, 4) is 17.2 Å². The third-order valence-electron chi connectivity index (χ3n) is 5.45. The van der Waals surface area contributed by atoms with Gasteiger partial charge in [0.2, 0.25) is 5.75 Å². The molecule has 30 heavy (non-hydrogen) atoms. The van der Waals surface area contributed by atoms with E-state index in [-0.39, 0.29) is 11.6 Å². The van der Waals surface area contributed by atoms with Crippen LogP contribution in [-0.2, 0) is 11.3 Å². The fourth-order valence-electron chi connectivity index (χ4n) is 3.87. The van der Waals surface area contributed by atoms with Gasteiger partial charge in [0.25, 0.3) is 5.91 Å². The molecule has 0 radical (unpaired) electrons. The van der Waals surface area contributed by atoms with E-state index in [0.717, 1.165) is 38.3 Å². The van der Waals surface area contributed by atoms with Crippen LogP contribution < -0.4 is 29.3 Å². The summed E-state index contributed by atoms with van der Waals surface area (Å²) in [7, 11) is 4.84. The zero-order valence-electron chi connectivity index (χ0n) is 17.7. The van der Waals surface area contributed by atoms with Crippen LogP contribution in [0.5, 0.6) is 17.2 Å². The number of quaternary nitrogens is 2. The van der Waals surface area contributed by atoms with Gasteiger partial charge in [0.1, 0.15) is 38.5 Å². The van der Waals surface area contributed by atoms with Gasteiger partial charge >= 0.3 is 0 Å². The van der Waals surface area contributed by atoms with Crippen molar-refractivity contribution in [2.24, 2.45) is 0 Å². The van der Waals surface area contributed by atoms with Crippen molar-refractivity contribution in [1.29, 1.82) is 0 Å². The monoisotopic (exact) mass is 419 g/mol. The zero-order chi connectivity index (χ0) is 21.5. The second kappa shape index (κ2) is 10.3. The normalized spacial score (nSPS) is 18.5. The standard InChI is InChI=1S/C22H28FN3O4/c1-28-19-9-8-16(21(29-2)22(19)30-3)14-25-10-12-26(13-11-25)15-20(27)24-18-7-5-4-6-17(18)23/h4-9H,10-15H2,1-3H3,(H,24,27)/p+2. The molecule has 2 aromatic carbocycles. The topological polar surface area (TPSA) is 65.7 Å². The molecule has 1 saturated heterocycles. The van der Waals surface area contributed by atoms with E-state index in [2.05, 4.69) is 5.32 Å². The number of benzene rings is 2. The second-order valence-electron chi connectivity index (χ2n) is 7.38. The number of halogens is 1. The van der Waals surface area contributed by atoms with Gasteiger partial charge in [-0.3, -0.25) is 4.79 Å². The minimum Gasteiger partial charge on any atom is -0.493 e. The van der Waals surface area contributed by atoms with E-state index < -0.39 is 5.82 Å². The minimum absolute atomic E-state index is 0.167. The summed E-state index contributed by atoms with van der Waals surface area (Å²) in [6.07, 6.45) is 0. The maximum Gasteiger partial charge on any atom is 0.279 e. The number of para-hydroxylation sites is 1. The Bertz CT molecular complexity index is 869. The fourth-order valence-corrected chi connectivity index (χ4v) is 3.87. The van der Waals surface area contributed by atoms with Crippen molar-refractivity contribution >= 4 is 11.6 Å². The summed E-state index contributed by atoms with van der Waals surface area (Å²) < 4.78 is 30.1. The van der Waals surface area contributed by atoms with E-state index in [1.165, 1.54) is 15.9 Å². The van der Waals surface area contributed by atoms with Gasteiger partial charge < -0.3 is 29.3 Å². The molecule has 1 fully saturated rings. The number of hydrogen-bond donors (Lipinski definition) is 3. The number of nitrogens with one attached hydrogen (secondary N) is 3. The first-order valence-electron chi connectivity index (χ1n) is 10.0. The quantitative estimate of drug-likeness (QED) is 0.553. The lowest BCUT2D eigenvalue weighted by molar-refractivity contribution is -1.02. The SMILES string of the molecule is COc1ccc(C[NH+]2CC[NH+](CC(=O)Nc3ccccc3F)CC2)c(OC)c1OC. The van der Waals surface area contributed by atoms with Crippen LogP contribution >= 0.6 is 0 Å². The first-order chi connectivity index (χ1) is 14.5. The van der Waals surface area contributed by atoms with Crippen LogP contribution in [-0.4, -0.2) is 60.0 Å². The molecule has 2 aromatic rings. The van der Waals surface area contributed by atoms with Gasteiger partial charge in [-0.05, 0) is 24.3 Å². The Morgan fingerprint density at radius 1 is 0.933 bits per heavy atom. The van der Waals surface area contributed by atoms with Crippen LogP contribution in [0.1, 0.15) is 5.56 Å². The maximum atomic E-state index is 13.7. The zero-order valence-corrected chi connectivity index (χ0v) is 17.7. The van der Waals surface area contributed by atoms with Crippen molar-refractivity contribution in [3.05, 3.63) is 47.8 Å². The summed E-state index contributed by atoms with van der Waals surface area (Å²) in [6, 6.07) is 10.1. The Morgan fingerprint density at radius 2 is 1.60 bits per heavy atom. The molecule has 162 valence electrons. The van der Waals surface area contributed by atoms with Crippen LogP contribution in [0.2, 0.25) is 0 Å². The molecule has 1 aliphatic heterocycles. The number of hydrogen-bond acceptors (Lipinski definition) is 4. The number of carbonyl (C=O) groups is 1. The fraction of sp³-hybridized carbons (Fsp3) is 0.409. The highest BCUT2D eigenvalue weighted by molar-refractivity contribution is 5.91. The van der Waals surface area contributed by atoms with Gasteiger partial charge in [-0.25, -0.2) is 4.39 Å². The highest BCUT2D eigenvalue weighted by Crippen LogP contribution is 2.39. The van der Waals surface area contributed by atoms with Gasteiger partial charge in [-0.1, -0.05) is 12.1 Å². The lowest BCUT2D eigenvalue weighted by Crippen LogP contribution is -3.28. The highest BCUT2D eigenvalue weighted by Gasteiger charge is 2.27. The molecule has 0 spiro atoms. The number of piperazine rings is 1. The van der Waals surface area contributed by atoms with Gasteiger partial charge in [-0.15, -0.1) is 0 Å². The Morgan fingerprint density at radius 3 is 2.23 bits per heavy atom. The van der Waals surface area contributed by atoms with Crippen molar-refractivity contribution in [2.45, 2.75) is 6.54 Å². The minimum atomic E-state index is -0.418. The third-order valence-corrected chi connectivity index (χ3v) is 5.45. The molecule has 1 amide bonds. The number of ether oxygens (including phenoxy) is 3. The second-order valence-corrected chi connectivity index (χ2v) is 7.38. The molecule has 1 heterocycles. The summed E-state index contributed by atoms with van der Waals surface area (Å²) in [4.78, 5) is 14.9. The van der Waals surface area contributed by atoms with Gasteiger partial charge in [-0.2, -0.15) is 0 Å². The van der Waals surface area contributed by atoms with Gasteiger partial charge in [0.05, 0.1) is 32.6 Å². The van der Waals surface area contributed by atoms with Crippen LogP contribution in [0.25, 0.3) is 0 Å². The molecule has 8 heteroatoms. The van der Waals surface area contributed by atoms with E-state index in [1.54, 1.807) is 39.5 Å². The average molecular weight is 419 g/mol. The number of anilines is 1. The lowest BCUT2D eigenvalue weighted by atomic mass is 10.1. The van der Waals surface area contributed by atoms with E-state index >= 15 is 0 Å². The largest absolute Gasteiger partial charge is 0.493 e. The number of rotatable bonds is 8. The van der Waals surface area contributed by atoms with Crippen LogP contribution in [0.4, 0.5) is 10.1 Å². The number of amides is 1. The predicted molar refractivity (Wildman–Crippen MR) is 111 cm³/mol. The molecule has 7 nitrogen and oxygen atoms in total. The lowest BCUT2D eigenvalue weighted by Gasteiger charge is -2.29. The number of carbonyl (C=O) groups excluding carboxylic acids is 1. The summed E-state index contributed by atoms with van der Waals surface area (Å²) >= 11 is 0. The summed E-state index contributed by atoms with van der Waals surface area (Å²) in [5.74, 6) is 1.36. The van der Waals surface area contributed by atoms with Crippen molar-refractivity contribution in [1.82, 2.24) is 0 Å². The Kier molecular flexibility index (Phi) is 7.48. The van der Waals surface area contributed by atoms with E-state index in [1.807, 2.05) is 12.1 Å². The van der Waals surface area contributed by atoms with Gasteiger partial charge in [0.15, 0.2) is 18.0 Å². The molecule has 0 saturated carbocycles. The van der Waals surface area contributed by atoms with E-state index in [4.69, 9.17) is 14.2 Å². The highest BCUT2D eigenvalue weighted by atomic mass is 19.1. The Labute approximate surface area is 176 Å². The van der Waals surface area contributed by atoms with E-state index in [0.29, 0.717) is 23.8 Å². The molecule has 0 atom stereocenters. The Hall–Kier alpha value is -2.84. The van der Waals surface area contributed by atoms with E-state index in [9.17, 15) is 9.18 Å². The average Bonchev–Trinajstić information content (AvgIpc) is 2.76. The predicted octanol–water partition coefficient (Wildman–Crippen LogP) is -0.226. The summed E-state index contributed by atoms with van der Waals surface area (Å²) in [5, 5.41) is 2.66. The van der Waals surface area contributed by atoms with Crippen molar-refractivity contribution in [2.75, 3.05) is 59.4 Å². The van der Waals surface area contributed by atoms with Crippen molar-refractivity contribution < 1.29 is 33.2 Å². The summed E-state index contributed by atoms with van der Waals surface area (Å²) in [6.45, 7) is 4.74. The number of methoxy groups -OCH3 is 3. The molecule has 0 aromatic heterocycles. The van der Waals surface area contributed by atoms with Crippen LogP contribution in [0, 0.1) is 5.82 Å². The van der Waals surface area contributed by atoms with Crippen molar-refractivity contribution in [3.63, 3.8) is 0 Å². The molecule has 0 aliphatic carbocycles. The smallest absolute Gasteiger partial charge is 0.279 e. The first kappa shape index (κ1) is 21.9. The van der Waals surface area contributed by atoms with Crippen LogP contribution in [0.15, 0.2) is 36.4 Å². The third kappa shape index (κ3) is 5.20. The summed E-state index contributed by atoms with van der Waals surface area (Å²) in [5.41, 5.74) is 1.29. The molecule has 3 rings (SSSR count). The van der Waals surface area contributed by atoms with Gasteiger partial charge in [0, 0.05) is 0 Å². The molecule has 1 aliphatic rings. The molecule has 0 bridgehead atoms. The molecular weight excluding hydrogens is 389 g/mol. The Balaban J connectivity index is 1.54. The molecular formula is C22H30FN3O4+2.